The van der Waals surface area contributed by atoms with Gasteiger partial charge in [0.05, 0.1) is 31.0 Å². The minimum atomic E-state index is -0.468. The second-order valence-electron chi connectivity index (χ2n) is 6.82. The van der Waals surface area contributed by atoms with Gasteiger partial charge in [0, 0.05) is 40.3 Å². The lowest BCUT2D eigenvalue weighted by molar-refractivity contribution is 0.0526. The van der Waals surface area contributed by atoms with Crippen LogP contribution >= 0.6 is 23.2 Å². The summed E-state index contributed by atoms with van der Waals surface area (Å²) in [5.41, 5.74) is 2.22. The van der Waals surface area contributed by atoms with Crippen molar-refractivity contribution >= 4 is 45.8 Å². The summed E-state index contributed by atoms with van der Waals surface area (Å²) in [5, 5.41) is 1.44. The Kier molecular flexibility index (Phi) is 6.09. The lowest BCUT2D eigenvalue weighted by Crippen LogP contribution is -2.37. The van der Waals surface area contributed by atoms with E-state index < -0.39 is 11.8 Å². The van der Waals surface area contributed by atoms with Crippen molar-refractivity contribution < 1.29 is 18.7 Å². The van der Waals surface area contributed by atoms with Crippen LogP contribution in [0.3, 0.4) is 0 Å². The molecule has 0 amide bonds. The highest BCUT2D eigenvalue weighted by molar-refractivity contribution is 6.35. The van der Waals surface area contributed by atoms with E-state index in [9.17, 15) is 9.18 Å². The molecule has 1 saturated heterocycles. The molecule has 5 nitrogen and oxygen atoms in total. The van der Waals surface area contributed by atoms with Gasteiger partial charge in [-0.05, 0) is 42.8 Å². The minimum Gasteiger partial charge on any atom is -0.462 e. The molecule has 1 fully saturated rings. The van der Waals surface area contributed by atoms with Crippen molar-refractivity contribution in [1.29, 1.82) is 0 Å². The quantitative estimate of drug-likeness (QED) is 0.502. The van der Waals surface area contributed by atoms with Gasteiger partial charge in [-0.2, -0.15) is 0 Å². The van der Waals surface area contributed by atoms with E-state index in [0.717, 1.165) is 0 Å². The molecular weight excluding hydrogens is 430 g/mol. The Hall–Kier alpha value is -2.41. The van der Waals surface area contributed by atoms with Gasteiger partial charge < -0.3 is 14.4 Å². The Labute approximate surface area is 183 Å². The van der Waals surface area contributed by atoms with Crippen LogP contribution in [0.15, 0.2) is 36.5 Å². The van der Waals surface area contributed by atoms with E-state index in [-0.39, 0.29) is 12.2 Å². The highest BCUT2D eigenvalue weighted by Gasteiger charge is 2.25. The molecule has 0 atom stereocenters. The number of pyridine rings is 1. The van der Waals surface area contributed by atoms with Gasteiger partial charge in [-0.15, -0.1) is 0 Å². The summed E-state index contributed by atoms with van der Waals surface area (Å²) in [6, 6.07) is 7.87. The molecule has 30 heavy (non-hydrogen) atoms. The highest BCUT2D eigenvalue weighted by Crippen LogP contribution is 2.38. The number of fused-ring (bicyclic) bond motifs is 1. The fourth-order valence-corrected chi connectivity index (χ4v) is 4.21. The van der Waals surface area contributed by atoms with Crippen molar-refractivity contribution in [2.45, 2.75) is 6.92 Å². The average molecular weight is 449 g/mol. The molecule has 0 N–H and O–H groups in total. The van der Waals surface area contributed by atoms with Crippen LogP contribution in [0.2, 0.25) is 10.0 Å². The van der Waals surface area contributed by atoms with Crippen LogP contribution in [0.25, 0.3) is 22.0 Å². The number of hydrogen-bond acceptors (Lipinski definition) is 5. The summed E-state index contributed by atoms with van der Waals surface area (Å²) < 4.78 is 25.7. The normalized spacial score (nSPS) is 14.2. The van der Waals surface area contributed by atoms with E-state index >= 15 is 0 Å². The lowest BCUT2D eigenvalue weighted by Gasteiger charge is -2.31. The van der Waals surface area contributed by atoms with Crippen molar-refractivity contribution in [1.82, 2.24) is 4.98 Å². The minimum absolute atomic E-state index is 0.245. The Balaban J connectivity index is 2.00. The molecule has 156 valence electrons. The van der Waals surface area contributed by atoms with E-state index in [1.54, 1.807) is 31.2 Å². The molecule has 2 heterocycles. The molecule has 8 heteroatoms. The van der Waals surface area contributed by atoms with Crippen LogP contribution in [0.5, 0.6) is 0 Å². The number of aromatic nitrogens is 1. The molecule has 0 radical (unpaired) electrons. The zero-order valence-electron chi connectivity index (χ0n) is 16.3. The molecule has 1 aliphatic rings. The summed E-state index contributed by atoms with van der Waals surface area (Å²) in [4.78, 5) is 19.1. The fraction of sp³-hybridized carbons (Fsp3) is 0.273. The predicted molar refractivity (Wildman–Crippen MR) is 116 cm³/mol. The van der Waals surface area contributed by atoms with Gasteiger partial charge in [-0.3, -0.25) is 4.98 Å². The number of morpholine rings is 1. The van der Waals surface area contributed by atoms with Crippen LogP contribution in [-0.2, 0) is 9.47 Å². The Morgan fingerprint density at radius 1 is 1.20 bits per heavy atom. The molecule has 0 saturated carbocycles. The summed E-state index contributed by atoms with van der Waals surface area (Å²) >= 11 is 12.3. The second-order valence-corrected chi connectivity index (χ2v) is 7.69. The maximum atomic E-state index is 15.0. The molecule has 4 rings (SSSR count). The number of benzene rings is 2. The van der Waals surface area contributed by atoms with Crippen LogP contribution in [-0.4, -0.2) is 43.9 Å². The SMILES string of the molecule is CCOC(=O)c1cnc2c(-c3cc(Cl)cc(Cl)c3)c(F)ccc2c1N1CCOCC1. The van der Waals surface area contributed by atoms with Gasteiger partial charge in [-0.1, -0.05) is 23.2 Å². The van der Waals surface area contributed by atoms with Crippen molar-refractivity contribution in [2.75, 3.05) is 37.8 Å². The van der Waals surface area contributed by atoms with E-state index in [0.29, 0.717) is 64.1 Å². The maximum absolute atomic E-state index is 15.0. The molecule has 1 aliphatic heterocycles. The highest BCUT2D eigenvalue weighted by atomic mass is 35.5. The average Bonchev–Trinajstić information content (AvgIpc) is 2.72. The molecule has 0 spiro atoms. The smallest absolute Gasteiger partial charge is 0.341 e. The van der Waals surface area contributed by atoms with Crippen molar-refractivity contribution in [3.8, 4) is 11.1 Å². The summed E-state index contributed by atoms with van der Waals surface area (Å²) in [5.74, 6) is -0.921. The van der Waals surface area contributed by atoms with E-state index in [1.165, 1.54) is 12.3 Å². The van der Waals surface area contributed by atoms with Crippen LogP contribution < -0.4 is 4.90 Å². The number of hydrogen-bond donors (Lipinski definition) is 0. The van der Waals surface area contributed by atoms with Crippen LogP contribution in [0.4, 0.5) is 10.1 Å². The molecular formula is C22H19Cl2FN2O3. The third-order valence-corrected chi connectivity index (χ3v) is 5.37. The number of rotatable bonds is 4. The topological polar surface area (TPSA) is 51.7 Å². The molecule has 1 aromatic heterocycles. The predicted octanol–water partition coefficient (Wildman–Crippen LogP) is 5.36. The van der Waals surface area contributed by atoms with Gasteiger partial charge in [0.2, 0.25) is 0 Å². The summed E-state index contributed by atoms with van der Waals surface area (Å²) in [6.07, 6.45) is 1.44. The maximum Gasteiger partial charge on any atom is 0.341 e. The Morgan fingerprint density at radius 2 is 1.90 bits per heavy atom. The van der Waals surface area contributed by atoms with E-state index in [2.05, 4.69) is 4.98 Å². The van der Waals surface area contributed by atoms with Gasteiger partial charge in [-0.25, -0.2) is 9.18 Å². The zero-order chi connectivity index (χ0) is 21.3. The van der Waals surface area contributed by atoms with Gasteiger partial charge >= 0.3 is 5.97 Å². The first-order valence-electron chi connectivity index (χ1n) is 9.57. The molecule has 0 unspecified atom stereocenters. The second kappa shape index (κ2) is 8.76. The number of halogens is 3. The number of carbonyl (C=O) groups excluding carboxylic acids is 1. The van der Waals surface area contributed by atoms with Crippen molar-refractivity contribution in [3.05, 3.63) is 58.0 Å². The summed E-state index contributed by atoms with van der Waals surface area (Å²) in [6.45, 7) is 4.25. The van der Waals surface area contributed by atoms with E-state index in [1.807, 2.05) is 4.90 Å². The van der Waals surface area contributed by atoms with E-state index in [4.69, 9.17) is 32.7 Å². The monoisotopic (exact) mass is 448 g/mol. The molecule has 2 aromatic carbocycles. The largest absolute Gasteiger partial charge is 0.462 e. The molecule has 0 bridgehead atoms. The third-order valence-electron chi connectivity index (χ3n) is 4.93. The first kappa shape index (κ1) is 20.8. The first-order valence-corrected chi connectivity index (χ1v) is 10.3. The third kappa shape index (κ3) is 3.95. The lowest BCUT2D eigenvalue weighted by atomic mass is 9.98. The number of carbonyl (C=O) groups is 1. The van der Waals surface area contributed by atoms with Crippen molar-refractivity contribution in [3.63, 3.8) is 0 Å². The number of anilines is 1. The zero-order valence-corrected chi connectivity index (χ0v) is 17.8. The van der Waals surface area contributed by atoms with Gasteiger partial charge in [0.1, 0.15) is 11.4 Å². The van der Waals surface area contributed by atoms with Crippen molar-refractivity contribution in [2.24, 2.45) is 0 Å². The Bertz CT molecular complexity index is 1100. The number of esters is 1. The Morgan fingerprint density at radius 3 is 2.57 bits per heavy atom. The summed E-state index contributed by atoms with van der Waals surface area (Å²) in [7, 11) is 0. The van der Waals surface area contributed by atoms with Crippen LogP contribution in [0, 0.1) is 5.82 Å². The number of nitrogens with zero attached hydrogens (tertiary/aromatic N) is 2. The number of ether oxygens (including phenoxy) is 2. The standard InChI is InChI=1S/C22H19Cl2FN2O3/c1-2-30-22(28)17-12-26-20-16(21(17)27-5-7-29-8-6-27)3-4-18(25)19(20)13-9-14(23)11-15(24)10-13/h3-4,9-12H,2,5-8H2,1H3. The molecule has 3 aromatic rings. The fourth-order valence-electron chi connectivity index (χ4n) is 3.69. The van der Waals surface area contributed by atoms with Gasteiger partial charge in [0.25, 0.3) is 0 Å². The van der Waals surface area contributed by atoms with Crippen LogP contribution in [0.1, 0.15) is 17.3 Å². The first-order chi connectivity index (χ1) is 14.5. The molecule has 0 aliphatic carbocycles. The van der Waals surface area contributed by atoms with Gasteiger partial charge in [0.15, 0.2) is 0 Å².